The molecule has 0 spiro atoms. The Morgan fingerprint density at radius 1 is 1.05 bits per heavy atom. The van der Waals surface area contributed by atoms with Crippen molar-refractivity contribution in [1.82, 2.24) is 0 Å². The van der Waals surface area contributed by atoms with Crippen molar-refractivity contribution >= 4 is 0 Å². The second-order valence-electron chi connectivity index (χ2n) is 5.26. The van der Waals surface area contributed by atoms with Crippen LogP contribution in [0.4, 0.5) is 30.7 Å². The van der Waals surface area contributed by atoms with E-state index in [0.29, 0.717) is 6.08 Å². The first-order valence-electron chi connectivity index (χ1n) is 5.49. The molecule has 0 aromatic heterocycles. The topological polar surface area (TPSA) is 9.23 Å². The molecule has 110 valence electrons. The molecule has 1 aliphatic heterocycles. The van der Waals surface area contributed by atoms with E-state index in [4.69, 9.17) is 0 Å². The summed E-state index contributed by atoms with van der Waals surface area (Å²) in [5.74, 6) is -4.13. The molecule has 0 saturated carbocycles. The van der Waals surface area contributed by atoms with E-state index in [1.807, 2.05) is 0 Å². The normalized spacial score (nSPS) is 46.7. The van der Waals surface area contributed by atoms with Crippen molar-refractivity contribution in [3.05, 3.63) is 12.2 Å². The zero-order chi connectivity index (χ0) is 14.9. The van der Waals surface area contributed by atoms with Crippen LogP contribution in [0.1, 0.15) is 20.3 Å². The molecule has 19 heavy (non-hydrogen) atoms. The molecular formula is C11H11F7O. The van der Waals surface area contributed by atoms with Crippen LogP contribution in [-0.2, 0) is 4.74 Å². The summed E-state index contributed by atoms with van der Waals surface area (Å²) in [5.41, 5.74) is -6.89. The van der Waals surface area contributed by atoms with Crippen LogP contribution in [0.15, 0.2) is 12.2 Å². The average molecular weight is 292 g/mol. The summed E-state index contributed by atoms with van der Waals surface area (Å²) < 4.78 is 96.9. The molecule has 1 aliphatic carbocycles. The number of rotatable bonds is 0. The quantitative estimate of drug-likeness (QED) is 0.481. The van der Waals surface area contributed by atoms with Gasteiger partial charge in [-0.25, -0.2) is 4.39 Å². The van der Waals surface area contributed by atoms with Gasteiger partial charge in [-0.05, 0) is 20.3 Å². The zero-order valence-electron chi connectivity index (χ0n) is 9.99. The Morgan fingerprint density at radius 2 is 1.58 bits per heavy atom. The van der Waals surface area contributed by atoms with Crippen molar-refractivity contribution in [3.63, 3.8) is 0 Å². The molecule has 2 aliphatic rings. The number of hydrogen-bond acceptors (Lipinski definition) is 1. The van der Waals surface area contributed by atoms with Gasteiger partial charge >= 0.3 is 12.4 Å². The highest BCUT2D eigenvalue weighted by atomic mass is 19.4. The number of hydrogen-bond donors (Lipinski definition) is 0. The molecule has 0 radical (unpaired) electrons. The third-order valence-corrected chi connectivity index (χ3v) is 4.12. The zero-order valence-corrected chi connectivity index (χ0v) is 9.99. The summed E-state index contributed by atoms with van der Waals surface area (Å²) in [6.07, 6.45) is -10.3. The largest absolute Gasteiger partial charge is 0.418 e. The van der Waals surface area contributed by atoms with Gasteiger partial charge in [-0.3, -0.25) is 0 Å². The fourth-order valence-electron chi connectivity index (χ4n) is 2.83. The van der Waals surface area contributed by atoms with Gasteiger partial charge in [0.25, 0.3) is 0 Å². The SMILES string of the molecule is CC1(F)OC(C)(C(F)(F)F)C2(C(F)(F)F)C=CC1C2. The van der Waals surface area contributed by atoms with Gasteiger partial charge in [0.1, 0.15) is 5.41 Å². The second kappa shape index (κ2) is 3.45. The molecular weight excluding hydrogens is 281 g/mol. The Hall–Kier alpha value is -0.790. The molecule has 0 N–H and O–H groups in total. The summed E-state index contributed by atoms with van der Waals surface area (Å²) in [4.78, 5) is 0. The van der Waals surface area contributed by atoms with Crippen molar-refractivity contribution in [1.29, 1.82) is 0 Å². The van der Waals surface area contributed by atoms with Gasteiger partial charge in [-0.1, -0.05) is 12.2 Å². The van der Waals surface area contributed by atoms with E-state index in [0.717, 1.165) is 13.0 Å². The molecule has 4 atom stereocenters. The highest BCUT2D eigenvalue weighted by Gasteiger charge is 2.79. The van der Waals surface area contributed by atoms with E-state index in [1.54, 1.807) is 0 Å². The molecule has 8 heteroatoms. The van der Waals surface area contributed by atoms with E-state index in [9.17, 15) is 30.7 Å². The summed E-state index contributed by atoms with van der Waals surface area (Å²) in [6, 6.07) is 0. The average Bonchev–Trinajstić information content (AvgIpc) is 2.55. The Balaban J connectivity index is 2.64. The van der Waals surface area contributed by atoms with Crippen LogP contribution in [0.3, 0.4) is 0 Å². The minimum Gasteiger partial charge on any atom is -0.328 e. The molecule has 1 saturated heterocycles. The van der Waals surface area contributed by atoms with E-state index in [2.05, 4.69) is 4.74 Å². The fraction of sp³-hybridized carbons (Fsp3) is 0.818. The number of halogens is 7. The second-order valence-corrected chi connectivity index (χ2v) is 5.26. The lowest BCUT2D eigenvalue weighted by molar-refractivity contribution is -0.417. The molecule has 1 heterocycles. The Labute approximate surface area is 104 Å². The third-order valence-electron chi connectivity index (χ3n) is 4.12. The van der Waals surface area contributed by atoms with Gasteiger partial charge in [-0.2, -0.15) is 26.3 Å². The maximum absolute atomic E-state index is 14.0. The van der Waals surface area contributed by atoms with Crippen LogP contribution < -0.4 is 0 Å². The van der Waals surface area contributed by atoms with Crippen LogP contribution in [0.25, 0.3) is 0 Å². The van der Waals surface area contributed by atoms with Crippen LogP contribution in [0.2, 0.25) is 0 Å². The van der Waals surface area contributed by atoms with Crippen molar-refractivity contribution < 1.29 is 35.5 Å². The van der Waals surface area contributed by atoms with Gasteiger partial charge < -0.3 is 4.74 Å². The molecule has 2 bridgehead atoms. The summed E-state index contributed by atoms with van der Waals surface area (Å²) in [5, 5.41) is 0. The molecule has 0 aromatic rings. The third kappa shape index (κ3) is 1.64. The van der Waals surface area contributed by atoms with E-state index >= 15 is 0 Å². The van der Waals surface area contributed by atoms with E-state index in [1.165, 1.54) is 0 Å². The van der Waals surface area contributed by atoms with Crippen LogP contribution in [-0.4, -0.2) is 23.8 Å². The van der Waals surface area contributed by atoms with E-state index in [-0.39, 0.29) is 6.92 Å². The molecule has 0 aromatic carbocycles. The Morgan fingerprint density at radius 3 is 2.00 bits per heavy atom. The monoisotopic (exact) mass is 292 g/mol. The van der Waals surface area contributed by atoms with Crippen molar-refractivity contribution in [3.8, 4) is 0 Å². The summed E-state index contributed by atoms with van der Waals surface area (Å²) in [7, 11) is 0. The molecule has 2 rings (SSSR count). The first-order valence-corrected chi connectivity index (χ1v) is 5.49. The number of alkyl halides is 7. The van der Waals surface area contributed by atoms with Gasteiger partial charge in [0, 0.05) is 5.92 Å². The smallest absolute Gasteiger partial charge is 0.328 e. The highest BCUT2D eigenvalue weighted by molar-refractivity contribution is 5.27. The molecule has 1 fully saturated rings. The van der Waals surface area contributed by atoms with Crippen LogP contribution in [0.5, 0.6) is 0 Å². The summed E-state index contributed by atoms with van der Waals surface area (Å²) in [6.45, 7) is 0.974. The first kappa shape index (κ1) is 14.6. The lowest BCUT2D eigenvalue weighted by Crippen LogP contribution is -2.68. The maximum Gasteiger partial charge on any atom is 0.418 e. The lowest BCUT2D eigenvalue weighted by atomic mass is 9.67. The maximum atomic E-state index is 14.0. The highest BCUT2D eigenvalue weighted by Crippen LogP contribution is 2.66. The Bertz CT molecular complexity index is 422. The lowest BCUT2D eigenvalue weighted by Gasteiger charge is -2.53. The summed E-state index contributed by atoms with van der Waals surface area (Å²) >= 11 is 0. The predicted molar refractivity (Wildman–Crippen MR) is 50.8 cm³/mol. The molecule has 0 amide bonds. The minimum absolute atomic E-state index is 0.254. The van der Waals surface area contributed by atoms with Crippen LogP contribution in [0, 0.1) is 11.3 Å². The van der Waals surface area contributed by atoms with Crippen LogP contribution >= 0.6 is 0 Å². The van der Waals surface area contributed by atoms with E-state index < -0.39 is 41.6 Å². The standard InChI is InChI=1S/C11H11F7O/c1-7(12)6-3-4-9(5-6,11(16,17)18)8(2,19-7)10(13,14)15/h3-4,6H,5H2,1-2H3. The molecule has 4 unspecified atom stereocenters. The first-order chi connectivity index (χ1) is 8.27. The van der Waals surface area contributed by atoms with Gasteiger partial charge in [0.05, 0.1) is 0 Å². The fourth-order valence-corrected chi connectivity index (χ4v) is 2.83. The van der Waals surface area contributed by atoms with Gasteiger partial charge in [-0.15, -0.1) is 0 Å². The van der Waals surface area contributed by atoms with Crippen molar-refractivity contribution in [2.45, 2.75) is 44.1 Å². The van der Waals surface area contributed by atoms with Gasteiger partial charge in [0.2, 0.25) is 5.85 Å². The minimum atomic E-state index is -5.35. The number of ether oxygens (including phenoxy) is 1. The number of fused-ring (bicyclic) bond motifs is 2. The molecule has 1 nitrogen and oxygen atoms in total. The van der Waals surface area contributed by atoms with Crippen molar-refractivity contribution in [2.24, 2.45) is 11.3 Å². The Kier molecular flexibility index (Phi) is 2.65. The van der Waals surface area contributed by atoms with Crippen molar-refractivity contribution in [2.75, 3.05) is 0 Å². The van der Waals surface area contributed by atoms with Gasteiger partial charge in [0.15, 0.2) is 5.60 Å². The predicted octanol–water partition coefficient (Wildman–Crippen LogP) is 4.15.